The summed E-state index contributed by atoms with van der Waals surface area (Å²) in [6, 6.07) is 10.0. The van der Waals surface area contributed by atoms with E-state index in [4.69, 9.17) is 0 Å². The number of rotatable bonds is 6. The second kappa shape index (κ2) is 9.38. The minimum Gasteiger partial charge on any atom is -0.343 e. The van der Waals surface area contributed by atoms with Crippen molar-refractivity contribution in [1.29, 1.82) is 0 Å². The second-order valence-electron chi connectivity index (χ2n) is 7.91. The normalized spacial score (nSPS) is 14.5. The van der Waals surface area contributed by atoms with Gasteiger partial charge in [0, 0.05) is 44.5 Å². The topological polar surface area (TPSA) is 63.4 Å². The van der Waals surface area contributed by atoms with Crippen molar-refractivity contribution >= 4 is 11.8 Å². The zero-order chi connectivity index (χ0) is 22.7. The Kier molecular flexibility index (Phi) is 6.39. The number of piperidine rings is 1. The second-order valence-corrected chi connectivity index (χ2v) is 7.91. The Labute approximate surface area is 187 Å². The molecule has 1 aliphatic rings. The summed E-state index contributed by atoms with van der Waals surface area (Å²) in [7, 11) is 0. The molecule has 1 aromatic carbocycles. The molecule has 168 valence electrons. The summed E-state index contributed by atoms with van der Waals surface area (Å²) < 4.78 is 17.7. The lowest BCUT2D eigenvalue weighted by molar-refractivity contribution is -0.136. The van der Waals surface area contributed by atoms with E-state index in [1.165, 1.54) is 16.9 Å². The lowest BCUT2D eigenvalue weighted by Crippen LogP contribution is -2.44. The number of para-hydroxylation sites is 1. The Morgan fingerprint density at radius 2 is 1.72 bits per heavy atom. The fourth-order valence-corrected chi connectivity index (χ4v) is 4.31. The van der Waals surface area contributed by atoms with Crippen molar-refractivity contribution < 1.29 is 14.0 Å². The van der Waals surface area contributed by atoms with E-state index >= 15 is 0 Å². The van der Waals surface area contributed by atoms with E-state index in [1.807, 2.05) is 30.9 Å². The van der Waals surface area contributed by atoms with Gasteiger partial charge in [0.25, 0.3) is 5.91 Å². The summed E-state index contributed by atoms with van der Waals surface area (Å²) in [5.74, 6) is 0.0294. The maximum atomic E-state index is 14.5. The van der Waals surface area contributed by atoms with Crippen molar-refractivity contribution in [3.63, 3.8) is 0 Å². The summed E-state index contributed by atoms with van der Waals surface area (Å²) in [6.45, 7) is 6.37. The van der Waals surface area contributed by atoms with Crippen LogP contribution < -0.4 is 0 Å². The van der Waals surface area contributed by atoms with E-state index < -0.39 is 5.82 Å². The van der Waals surface area contributed by atoms with E-state index in [2.05, 4.69) is 5.10 Å². The molecule has 1 aliphatic heterocycles. The van der Waals surface area contributed by atoms with Crippen LogP contribution in [0.1, 0.15) is 37.0 Å². The number of nitrogens with zero attached hydrogens (tertiary/aromatic N) is 5. The summed E-state index contributed by atoms with van der Waals surface area (Å²) in [6.07, 6.45) is 6.39. The fraction of sp³-hybridized carbons (Fsp3) is 0.375. The standard InChI is InChI=1S/C24H28FN5O2/c1-3-27(4-2)23(31)18-11-15-29(16-12-18)24(32)19-17-26-30(21-10-6-5-9-20(21)25)22(19)28-13-7-8-14-28/h5-10,13-14,17-18H,3-4,11-12,15-16H2,1-2H3. The molecule has 1 saturated heterocycles. The van der Waals surface area contributed by atoms with E-state index in [0.717, 1.165) is 0 Å². The number of halogens is 1. The number of likely N-dealkylation sites (tertiary alicyclic amines) is 1. The molecule has 0 aliphatic carbocycles. The maximum Gasteiger partial charge on any atom is 0.259 e. The molecular formula is C24H28FN5O2. The zero-order valence-electron chi connectivity index (χ0n) is 18.4. The molecule has 2 aromatic heterocycles. The van der Waals surface area contributed by atoms with E-state index in [0.29, 0.717) is 50.4 Å². The average Bonchev–Trinajstić information content (AvgIpc) is 3.49. The van der Waals surface area contributed by atoms with Crippen molar-refractivity contribution in [3.8, 4) is 11.5 Å². The first-order chi connectivity index (χ1) is 15.5. The van der Waals surface area contributed by atoms with Crippen molar-refractivity contribution in [1.82, 2.24) is 24.1 Å². The third-order valence-electron chi connectivity index (χ3n) is 6.11. The van der Waals surface area contributed by atoms with Crippen LogP contribution in [0.4, 0.5) is 4.39 Å². The van der Waals surface area contributed by atoms with Gasteiger partial charge in [0.05, 0.1) is 6.20 Å². The highest BCUT2D eigenvalue weighted by molar-refractivity contribution is 5.97. The first-order valence-corrected chi connectivity index (χ1v) is 11.1. The molecule has 0 atom stereocenters. The van der Waals surface area contributed by atoms with Gasteiger partial charge in [-0.2, -0.15) is 5.10 Å². The van der Waals surface area contributed by atoms with Crippen LogP contribution in [0.3, 0.4) is 0 Å². The number of carbonyl (C=O) groups excluding carboxylic acids is 2. The van der Waals surface area contributed by atoms with Gasteiger partial charge in [-0.25, -0.2) is 9.07 Å². The predicted molar refractivity (Wildman–Crippen MR) is 119 cm³/mol. The Hall–Kier alpha value is -3.42. The summed E-state index contributed by atoms with van der Waals surface area (Å²) in [4.78, 5) is 29.7. The SMILES string of the molecule is CCN(CC)C(=O)C1CCN(C(=O)c2cnn(-c3ccccc3F)c2-n2cccc2)CC1. The van der Waals surface area contributed by atoms with Crippen molar-refractivity contribution in [2.24, 2.45) is 5.92 Å². The summed E-state index contributed by atoms with van der Waals surface area (Å²) >= 11 is 0. The highest BCUT2D eigenvalue weighted by Crippen LogP contribution is 2.26. The molecule has 0 spiro atoms. The summed E-state index contributed by atoms with van der Waals surface area (Å²) in [5, 5.41) is 4.36. The van der Waals surface area contributed by atoms with Crippen molar-refractivity contribution in [2.75, 3.05) is 26.2 Å². The van der Waals surface area contributed by atoms with Gasteiger partial charge in [-0.15, -0.1) is 0 Å². The third-order valence-corrected chi connectivity index (χ3v) is 6.11. The van der Waals surface area contributed by atoms with Gasteiger partial charge in [-0.3, -0.25) is 9.59 Å². The van der Waals surface area contributed by atoms with Gasteiger partial charge in [-0.05, 0) is 51.0 Å². The number of hydrogen-bond acceptors (Lipinski definition) is 3. The quantitative estimate of drug-likeness (QED) is 0.593. The average molecular weight is 438 g/mol. The van der Waals surface area contributed by atoms with Gasteiger partial charge in [0.1, 0.15) is 17.1 Å². The first-order valence-electron chi connectivity index (χ1n) is 11.1. The zero-order valence-corrected chi connectivity index (χ0v) is 18.4. The van der Waals surface area contributed by atoms with Crippen molar-refractivity contribution in [3.05, 3.63) is 66.4 Å². The number of hydrogen-bond donors (Lipinski definition) is 0. The minimum atomic E-state index is -0.418. The smallest absolute Gasteiger partial charge is 0.259 e. The van der Waals surface area contributed by atoms with E-state index in [1.54, 1.807) is 40.1 Å². The van der Waals surface area contributed by atoms with Crippen LogP contribution in [0.5, 0.6) is 0 Å². The van der Waals surface area contributed by atoms with Gasteiger partial charge < -0.3 is 14.4 Å². The molecule has 0 bridgehead atoms. The lowest BCUT2D eigenvalue weighted by Gasteiger charge is -2.33. The highest BCUT2D eigenvalue weighted by Gasteiger charge is 2.32. The molecule has 3 aromatic rings. The monoisotopic (exact) mass is 437 g/mol. The lowest BCUT2D eigenvalue weighted by atomic mass is 9.95. The first kappa shape index (κ1) is 21.8. The molecule has 4 rings (SSSR count). The van der Waals surface area contributed by atoms with Gasteiger partial charge in [-0.1, -0.05) is 12.1 Å². The van der Waals surface area contributed by atoms with Crippen LogP contribution >= 0.6 is 0 Å². The van der Waals surface area contributed by atoms with Crippen LogP contribution in [0.25, 0.3) is 11.5 Å². The number of aromatic nitrogens is 3. The Balaban J connectivity index is 1.59. The van der Waals surface area contributed by atoms with Gasteiger partial charge in [0.15, 0.2) is 5.82 Å². The predicted octanol–water partition coefficient (Wildman–Crippen LogP) is 3.52. The highest BCUT2D eigenvalue weighted by atomic mass is 19.1. The van der Waals surface area contributed by atoms with E-state index in [-0.39, 0.29) is 23.4 Å². The Morgan fingerprint density at radius 3 is 2.34 bits per heavy atom. The minimum absolute atomic E-state index is 0.0518. The molecule has 8 heteroatoms. The van der Waals surface area contributed by atoms with Crippen LogP contribution in [0, 0.1) is 11.7 Å². The molecule has 1 fully saturated rings. The Bertz CT molecular complexity index is 1080. The van der Waals surface area contributed by atoms with Crippen LogP contribution in [0.2, 0.25) is 0 Å². The molecule has 0 N–H and O–H groups in total. The van der Waals surface area contributed by atoms with E-state index in [9.17, 15) is 14.0 Å². The molecule has 3 heterocycles. The van der Waals surface area contributed by atoms with Crippen LogP contribution in [0.15, 0.2) is 55.0 Å². The van der Waals surface area contributed by atoms with Gasteiger partial charge >= 0.3 is 0 Å². The summed E-state index contributed by atoms with van der Waals surface area (Å²) in [5.41, 5.74) is 0.678. The fourth-order valence-electron chi connectivity index (χ4n) is 4.31. The number of benzene rings is 1. The largest absolute Gasteiger partial charge is 0.343 e. The van der Waals surface area contributed by atoms with Crippen molar-refractivity contribution in [2.45, 2.75) is 26.7 Å². The molecule has 2 amide bonds. The maximum absolute atomic E-state index is 14.5. The van der Waals surface area contributed by atoms with Crippen LogP contribution in [-0.4, -0.2) is 62.1 Å². The van der Waals surface area contributed by atoms with Gasteiger partial charge in [0.2, 0.25) is 5.91 Å². The molecule has 0 radical (unpaired) electrons. The molecule has 7 nitrogen and oxygen atoms in total. The van der Waals surface area contributed by atoms with Crippen LogP contribution in [-0.2, 0) is 4.79 Å². The third kappa shape index (κ3) is 4.04. The Morgan fingerprint density at radius 1 is 1.06 bits per heavy atom. The molecule has 0 unspecified atom stereocenters. The number of carbonyl (C=O) groups is 2. The molecular weight excluding hydrogens is 409 g/mol. The molecule has 0 saturated carbocycles. The molecule has 32 heavy (non-hydrogen) atoms. The number of amides is 2.